The number of methoxy groups -OCH3 is 1. The van der Waals surface area contributed by atoms with Gasteiger partial charge in [0.15, 0.2) is 6.10 Å². The molecule has 0 aliphatic heterocycles. The van der Waals surface area contributed by atoms with Gasteiger partial charge in [0.2, 0.25) is 10.0 Å². The molecule has 0 aliphatic rings. The van der Waals surface area contributed by atoms with Crippen molar-refractivity contribution in [3.8, 4) is 11.5 Å². The number of benzene rings is 2. The van der Waals surface area contributed by atoms with Crippen molar-refractivity contribution >= 4 is 21.6 Å². The number of hydrogen-bond acceptors (Lipinski definition) is 5. The zero-order chi connectivity index (χ0) is 22.5. The van der Waals surface area contributed by atoms with Gasteiger partial charge in [0.1, 0.15) is 11.5 Å². The average molecular weight is 435 g/mol. The summed E-state index contributed by atoms with van der Waals surface area (Å²) in [4.78, 5) is 12.7. The SMILES string of the molecule is CC[C@H](NC(=O)[C@@H](C)Oc1ccc(N(C)S(C)(=O)=O)cc1)c1ccc(OC)c(C)c1. The lowest BCUT2D eigenvalue weighted by atomic mass is 10.0. The van der Waals surface area contributed by atoms with E-state index in [2.05, 4.69) is 5.32 Å². The van der Waals surface area contributed by atoms with Gasteiger partial charge < -0.3 is 14.8 Å². The fourth-order valence-corrected chi connectivity index (χ4v) is 3.52. The Morgan fingerprint density at radius 3 is 2.30 bits per heavy atom. The molecule has 0 fully saturated rings. The highest BCUT2D eigenvalue weighted by Crippen LogP contribution is 2.25. The maximum atomic E-state index is 12.7. The summed E-state index contributed by atoms with van der Waals surface area (Å²) in [6, 6.07) is 12.3. The van der Waals surface area contributed by atoms with Crippen LogP contribution in [0.3, 0.4) is 0 Å². The summed E-state index contributed by atoms with van der Waals surface area (Å²) in [5.74, 6) is 1.06. The van der Waals surface area contributed by atoms with E-state index in [9.17, 15) is 13.2 Å². The van der Waals surface area contributed by atoms with E-state index in [-0.39, 0.29) is 11.9 Å². The number of amides is 1. The smallest absolute Gasteiger partial charge is 0.261 e. The normalized spacial score (nSPS) is 13.3. The number of nitrogens with one attached hydrogen (secondary N) is 1. The number of sulfonamides is 1. The third kappa shape index (κ3) is 5.89. The van der Waals surface area contributed by atoms with Gasteiger partial charge in [-0.15, -0.1) is 0 Å². The summed E-state index contributed by atoms with van der Waals surface area (Å²) < 4.78 is 35.5. The minimum Gasteiger partial charge on any atom is -0.496 e. The molecule has 7 nitrogen and oxygen atoms in total. The molecule has 0 aromatic heterocycles. The maximum absolute atomic E-state index is 12.7. The van der Waals surface area contributed by atoms with E-state index < -0.39 is 16.1 Å². The third-order valence-corrected chi connectivity index (χ3v) is 6.13. The van der Waals surface area contributed by atoms with Crippen LogP contribution < -0.4 is 19.1 Å². The van der Waals surface area contributed by atoms with Crippen LogP contribution in [0, 0.1) is 6.92 Å². The Labute approximate surface area is 179 Å². The summed E-state index contributed by atoms with van der Waals surface area (Å²) in [5, 5.41) is 3.02. The number of aryl methyl sites for hydroxylation is 1. The van der Waals surface area contributed by atoms with Gasteiger partial charge in [0, 0.05) is 7.05 Å². The molecule has 0 radical (unpaired) electrons. The van der Waals surface area contributed by atoms with Crippen LogP contribution in [0.5, 0.6) is 11.5 Å². The Hall–Kier alpha value is -2.74. The maximum Gasteiger partial charge on any atom is 0.261 e. The van der Waals surface area contributed by atoms with E-state index >= 15 is 0 Å². The van der Waals surface area contributed by atoms with Gasteiger partial charge in [0.25, 0.3) is 5.91 Å². The standard InChI is InChI=1S/C22H30N2O5S/c1-7-20(17-8-13-21(28-5)15(2)14-17)23-22(25)16(3)29-19-11-9-18(10-12-19)24(4)30(6,26)27/h8-14,16,20H,7H2,1-6H3,(H,23,25)/t16-,20+/m1/s1. The van der Waals surface area contributed by atoms with Crippen LogP contribution in [0.4, 0.5) is 5.69 Å². The topological polar surface area (TPSA) is 84.9 Å². The first-order valence-electron chi connectivity index (χ1n) is 9.72. The molecule has 1 amide bonds. The lowest BCUT2D eigenvalue weighted by molar-refractivity contribution is -0.128. The Kier molecular flexibility index (Phi) is 7.72. The molecule has 30 heavy (non-hydrogen) atoms. The number of carbonyl (C=O) groups is 1. The molecule has 2 aromatic rings. The Balaban J connectivity index is 2.03. The fraction of sp³-hybridized carbons (Fsp3) is 0.409. The molecule has 8 heteroatoms. The molecule has 2 aromatic carbocycles. The molecule has 2 rings (SSSR count). The zero-order valence-electron chi connectivity index (χ0n) is 18.3. The van der Waals surface area contributed by atoms with Gasteiger partial charge in [-0.1, -0.05) is 19.1 Å². The Morgan fingerprint density at radius 1 is 1.17 bits per heavy atom. The first-order valence-corrected chi connectivity index (χ1v) is 11.6. The molecule has 164 valence electrons. The van der Waals surface area contributed by atoms with Gasteiger partial charge in [-0.2, -0.15) is 0 Å². The van der Waals surface area contributed by atoms with Gasteiger partial charge >= 0.3 is 0 Å². The van der Waals surface area contributed by atoms with E-state index in [1.807, 2.05) is 32.0 Å². The largest absolute Gasteiger partial charge is 0.496 e. The molecule has 0 saturated heterocycles. The summed E-state index contributed by atoms with van der Waals surface area (Å²) >= 11 is 0. The molecule has 0 bridgehead atoms. The number of anilines is 1. The average Bonchev–Trinajstić information content (AvgIpc) is 2.71. The second kappa shape index (κ2) is 9.84. The van der Waals surface area contributed by atoms with Crippen molar-refractivity contribution in [1.82, 2.24) is 5.32 Å². The lowest BCUT2D eigenvalue weighted by Gasteiger charge is -2.22. The van der Waals surface area contributed by atoms with Crippen molar-refractivity contribution in [3.63, 3.8) is 0 Å². The first kappa shape index (κ1) is 23.5. The predicted molar refractivity (Wildman–Crippen MR) is 119 cm³/mol. The minimum absolute atomic E-state index is 0.140. The van der Waals surface area contributed by atoms with Crippen LogP contribution in [0.25, 0.3) is 0 Å². The summed E-state index contributed by atoms with van der Waals surface area (Å²) in [5.41, 5.74) is 2.53. The fourth-order valence-electron chi connectivity index (χ4n) is 3.01. The number of carbonyl (C=O) groups excluding carboxylic acids is 1. The molecular formula is C22H30N2O5S. The van der Waals surface area contributed by atoms with E-state index in [1.165, 1.54) is 11.4 Å². The number of hydrogen-bond donors (Lipinski definition) is 1. The van der Waals surface area contributed by atoms with Gasteiger partial charge in [-0.05, 0) is 61.7 Å². The highest BCUT2D eigenvalue weighted by Gasteiger charge is 2.20. The van der Waals surface area contributed by atoms with Crippen molar-refractivity contribution in [1.29, 1.82) is 0 Å². The highest BCUT2D eigenvalue weighted by molar-refractivity contribution is 7.92. The van der Waals surface area contributed by atoms with E-state index in [0.717, 1.165) is 29.6 Å². The number of nitrogens with zero attached hydrogens (tertiary/aromatic N) is 1. The van der Waals surface area contributed by atoms with Crippen LogP contribution in [0.15, 0.2) is 42.5 Å². The van der Waals surface area contributed by atoms with Gasteiger partial charge in [-0.25, -0.2) is 8.42 Å². The monoisotopic (exact) mass is 434 g/mol. The Bertz CT molecular complexity index is 974. The quantitative estimate of drug-likeness (QED) is 0.654. The molecule has 2 atom stereocenters. The van der Waals surface area contributed by atoms with Crippen molar-refractivity contribution in [2.75, 3.05) is 24.7 Å². The zero-order valence-corrected chi connectivity index (χ0v) is 19.1. The second-order valence-electron chi connectivity index (χ2n) is 7.18. The molecule has 0 saturated carbocycles. The van der Waals surface area contributed by atoms with Crippen molar-refractivity contribution in [2.24, 2.45) is 0 Å². The first-order chi connectivity index (χ1) is 14.1. The van der Waals surface area contributed by atoms with Crippen molar-refractivity contribution < 1.29 is 22.7 Å². The van der Waals surface area contributed by atoms with Crippen LogP contribution in [0.1, 0.15) is 37.4 Å². The molecule has 0 unspecified atom stereocenters. The van der Waals surface area contributed by atoms with Crippen LogP contribution in [0.2, 0.25) is 0 Å². The number of rotatable bonds is 9. The van der Waals surface area contributed by atoms with Crippen LogP contribution in [-0.4, -0.2) is 40.8 Å². The Morgan fingerprint density at radius 2 is 1.80 bits per heavy atom. The third-order valence-electron chi connectivity index (χ3n) is 4.93. The molecule has 0 spiro atoms. The van der Waals surface area contributed by atoms with E-state index in [0.29, 0.717) is 11.4 Å². The molecule has 1 N–H and O–H groups in total. The van der Waals surface area contributed by atoms with E-state index in [1.54, 1.807) is 38.3 Å². The molecular weight excluding hydrogens is 404 g/mol. The van der Waals surface area contributed by atoms with Crippen LogP contribution >= 0.6 is 0 Å². The minimum atomic E-state index is -3.34. The predicted octanol–water partition coefficient (Wildman–Crippen LogP) is 3.43. The second-order valence-corrected chi connectivity index (χ2v) is 9.20. The molecule has 0 aliphatic carbocycles. The highest BCUT2D eigenvalue weighted by atomic mass is 32.2. The van der Waals surface area contributed by atoms with Crippen molar-refractivity contribution in [2.45, 2.75) is 39.3 Å². The van der Waals surface area contributed by atoms with E-state index in [4.69, 9.17) is 9.47 Å². The van der Waals surface area contributed by atoms with Gasteiger partial charge in [0.05, 0.1) is 25.1 Å². The summed E-state index contributed by atoms with van der Waals surface area (Å²) in [6.07, 6.45) is 1.16. The molecule has 0 heterocycles. The van der Waals surface area contributed by atoms with Crippen molar-refractivity contribution in [3.05, 3.63) is 53.6 Å². The summed E-state index contributed by atoms with van der Waals surface area (Å²) in [6.45, 7) is 5.65. The lowest BCUT2D eigenvalue weighted by Crippen LogP contribution is -2.38. The van der Waals surface area contributed by atoms with Crippen LogP contribution in [-0.2, 0) is 14.8 Å². The number of ether oxygens (including phenoxy) is 2. The van der Waals surface area contributed by atoms with Gasteiger partial charge in [-0.3, -0.25) is 9.10 Å². The summed E-state index contributed by atoms with van der Waals surface area (Å²) in [7, 11) is -0.225.